The number of hydrogen-bond donors (Lipinski definition) is 2. The maximum Gasteiger partial charge on any atom is 0.184 e. The molecular formula is C18H33N3O3. The summed E-state index contributed by atoms with van der Waals surface area (Å²) in [4.78, 5) is 2.16. The van der Waals surface area contributed by atoms with Crippen molar-refractivity contribution in [2.24, 2.45) is 23.7 Å². The summed E-state index contributed by atoms with van der Waals surface area (Å²) in [6.07, 6.45) is 3.83. The van der Waals surface area contributed by atoms with E-state index >= 15 is 0 Å². The molecule has 1 aliphatic carbocycles. The van der Waals surface area contributed by atoms with E-state index in [0.29, 0.717) is 42.2 Å². The fourth-order valence-corrected chi connectivity index (χ4v) is 5.15. The Morgan fingerprint density at radius 3 is 2.38 bits per heavy atom. The van der Waals surface area contributed by atoms with Crippen molar-refractivity contribution in [3.63, 3.8) is 0 Å². The Bertz CT molecular complexity index is 461. The van der Waals surface area contributed by atoms with Crippen LogP contribution >= 0.6 is 0 Å². The predicted octanol–water partition coefficient (Wildman–Crippen LogP) is 0.830. The number of ether oxygens (including phenoxy) is 3. The molecule has 10 unspecified atom stereocenters. The number of rotatable bonds is 5. The normalized spacial score (nSPS) is 54.2. The van der Waals surface area contributed by atoms with Gasteiger partial charge in [-0.2, -0.15) is 0 Å². The number of nitrogens with zero attached hydrogens (tertiary/aromatic N) is 1. The van der Waals surface area contributed by atoms with E-state index in [1.807, 2.05) is 0 Å². The van der Waals surface area contributed by atoms with Crippen molar-refractivity contribution < 1.29 is 14.2 Å². The van der Waals surface area contributed by atoms with Gasteiger partial charge >= 0.3 is 0 Å². The van der Waals surface area contributed by atoms with Gasteiger partial charge in [-0.3, -0.25) is 15.5 Å². The van der Waals surface area contributed by atoms with Gasteiger partial charge in [0.25, 0.3) is 0 Å². The highest BCUT2D eigenvalue weighted by Gasteiger charge is 2.53. The topological polar surface area (TPSA) is 61.6 Å². The first-order chi connectivity index (χ1) is 11.5. The third-order valence-corrected chi connectivity index (χ3v) is 6.67. The van der Waals surface area contributed by atoms with Crippen molar-refractivity contribution >= 4 is 0 Å². The maximum atomic E-state index is 5.83. The van der Waals surface area contributed by atoms with E-state index in [0.717, 1.165) is 12.5 Å². The molecule has 4 rings (SSSR count). The van der Waals surface area contributed by atoms with Gasteiger partial charge in [0, 0.05) is 13.7 Å². The summed E-state index contributed by atoms with van der Waals surface area (Å²) in [6, 6.07) is 0.427. The zero-order valence-corrected chi connectivity index (χ0v) is 15.6. The molecule has 0 aromatic carbocycles. The number of likely N-dealkylation sites (N-methyl/N-ethyl adjacent to an activating group) is 1. The van der Waals surface area contributed by atoms with Crippen LogP contribution in [0.15, 0.2) is 0 Å². The SMILES string of the molecule is COC1OC1C1CC(C2NCC(C3OC3N(C)C)N2)C(C)CC1C. The Morgan fingerprint density at radius 1 is 1.00 bits per heavy atom. The minimum Gasteiger partial charge on any atom is -0.353 e. The van der Waals surface area contributed by atoms with Gasteiger partial charge in [-0.15, -0.1) is 0 Å². The predicted molar refractivity (Wildman–Crippen MR) is 91.3 cm³/mol. The third kappa shape index (κ3) is 3.13. The third-order valence-electron chi connectivity index (χ3n) is 6.67. The second-order valence-electron chi connectivity index (χ2n) is 8.57. The largest absolute Gasteiger partial charge is 0.353 e. The number of epoxide rings is 2. The van der Waals surface area contributed by atoms with Crippen LogP contribution in [0.2, 0.25) is 0 Å². The van der Waals surface area contributed by atoms with Crippen molar-refractivity contribution in [1.82, 2.24) is 15.5 Å². The molecule has 6 heteroatoms. The average Bonchev–Trinajstić information content (AvgIpc) is 3.44. The van der Waals surface area contributed by atoms with Crippen LogP contribution in [0, 0.1) is 23.7 Å². The summed E-state index contributed by atoms with van der Waals surface area (Å²) in [5.74, 6) is 2.70. The van der Waals surface area contributed by atoms with Gasteiger partial charge in [-0.1, -0.05) is 13.8 Å². The van der Waals surface area contributed by atoms with Crippen LogP contribution in [-0.2, 0) is 14.2 Å². The van der Waals surface area contributed by atoms with Crippen LogP contribution in [0.1, 0.15) is 26.7 Å². The molecule has 0 spiro atoms. The lowest BCUT2D eigenvalue weighted by Crippen LogP contribution is -2.48. The van der Waals surface area contributed by atoms with Crippen molar-refractivity contribution in [2.75, 3.05) is 27.7 Å². The first-order valence-corrected chi connectivity index (χ1v) is 9.49. The lowest BCUT2D eigenvalue weighted by atomic mass is 9.67. The van der Waals surface area contributed by atoms with Gasteiger partial charge in [0.1, 0.15) is 18.4 Å². The van der Waals surface area contributed by atoms with Gasteiger partial charge in [-0.25, -0.2) is 0 Å². The first kappa shape index (κ1) is 17.2. The molecule has 0 aromatic rings. The fourth-order valence-electron chi connectivity index (χ4n) is 5.15. The van der Waals surface area contributed by atoms with Crippen LogP contribution in [0.4, 0.5) is 0 Å². The van der Waals surface area contributed by atoms with Crippen LogP contribution < -0.4 is 10.6 Å². The smallest absolute Gasteiger partial charge is 0.184 e. The zero-order valence-electron chi connectivity index (χ0n) is 15.6. The highest BCUT2D eigenvalue weighted by atomic mass is 16.8. The number of methoxy groups -OCH3 is 1. The lowest BCUT2D eigenvalue weighted by Gasteiger charge is -2.41. The summed E-state index contributed by atoms with van der Waals surface area (Å²) in [6.45, 7) is 5.79. The Morgan fingerprint density at radius 2 is 1.75 bits per heavy atom. The summed E-state index contributed by atoms with van der Waals surface area (Å²) in [5.41, 5.74) is 0. The Balaban J connectivity index is 1.35. The van der Waals surface area contributed by atoms with E-state index in [-0.39, 0.29) is 12.5 Å². The summed E-state index contributed by atoms with van der Waals surface area (Å²) < 4.78 is 16.9. The van der Waals surface area contributed by atoms with E-state index in [1.54, 1.807) is 7.11 Å². The summed E-state index contributed by atoms with van der Waals surface area (Å²) in [5, 5.41) is 7.55. The molecule has 0 aromatic heterocycles. The molecule has 0 radical (unpaired) electrons. The second kappa shape index (κ2) is 6.49. The van der Waals surface area contributed by atoms with E-state index in [9.17, 15) is 0 Å². The molecule has 10 atom stereocenters. The molecule has 1 saturated carbocycles. The summed E-state index contributed by atoms with van der Waals surface area (Å²) >= 11 is 0. The second-order valence-corrected chi connectivity index (χ2v) is 8.57. The van der Waals surface area contributed by atoms with Crippen LogP contribution in [0.25, 0.3) is 0 Å². The van der Waals surface area contributed by atoms with E-state index in [1.165, 1.54) is 12.8 Å². The molecule has 138 valence electrons. The van der Waals surface area contributed by atoms with Crippen LogP contribution in [0.5, 0.6) is 0 Å². The van der Waals surface area contributed by atoms with E-state index < -0.39 is 0 Å². The van der Waals surface area contributed by atoms with E-state index in [4.69, 9.17) is 14.2 Å². The molecule has 3 saturated heterocycles. The Hall–Kier alpha value is -0.240. The van der Waals surface area contributed by atoms with Gasteiger partial charge in [0.15, 0.2) is 6.29 Å². The number of hydrogen-bond acceptors (Lipinski definition) is 6. The van der Waals surface area contributed by atoms with Gasteiger partial charge in [0.2, 0.25) is 0 Å². The average molecular weight is 339 g/mol. The van der Waals surface area contributed by atoms with Gasteiger partial charge in [-0.05, 0) is 50.6 Å². The Kier molecular flexibility index (Phi) is 4.65. The highest BCUT2D eigenvalue weighted by molar-refractivity contribution is 5.03. The standard InChI is InChI=1S/C18H33N3O3/c1-9-6-10(2)12(7-11(9)14-18(22-5)24-14)16-19-8-13(20-16)15-17(23-15)21(3)4/h9-20H,6-8H2,1-5H3. The molecule has 4 fully saturated rings. The monoisotopic (exact) mass is 339 g/mol. The van der Waals surface area contributed by atoms with Crippen LogP contribution in [0.3, 0.4) is 0 Å². The molecule has 3 heterocycles. The van der Waals surface area contributed by atoms with Crippen LogP contribution in [-0.4, -0.2) is 69.6 Å². The van der Waals surface area contributed by atoms with Crippen molar-refractivity contribution in [3.05, 3.63) is 0 Å². The van der Waals surface area contributed by atoms with Crippen molar-refractivity contribution in [2.45, 2.75) is 63.6 Å². The molecule has 0 amide bonds. The van der Waals surface area contributed by atoms with Gasteiger partial charge < -0.3 is 14.2 Å². The zero-order chi connectivity index (χ0) is 17.0. The lowest BCUT2D eigenvalue weighted by molar-refractivity contribution is 0.0818. The maximum absolute atomic E-state index is 5.83. The van der Waals surface area contributed by atoms with Gasteiger partial charge in [0.05, 0.1) is 12.2 Å². The molecule has 24 heavy (non-hydrogen) atoms. The molecule has 4 aliphatic rings. The molecule has 6 nitrogen and oxygen atoms in total. The Labute approximate surface area is 145 Å². The quantitative estimate of drug-likeness (QED) is 0.724. The first-order valence-electron chi connectivity index (χ1n) is 9.49. The van der Waals surface area contributed by atoms with Crippen molar-refractivity contribution in [3.8, 4) is 0 Å². The highest BCUT2D eigenvalue weighted by Crippen LogP contribution is 2.47. The molecule has 3 aliphatic heterocycles. The number of nitrogens with one attached hydrogen (secondary N) is 2. The molecular weight excluding hydrogens is 306 g/mol. The summed E-state index contributed by atoms with van der Waals surface area (Å²) in [7, 11) is 5.92. The van der Waals surface area contributed by atoms with Crippen molar-refractivity contribution in [1.29, 1.82) is 0 Å². The minimum absolute atomic E-state index is 0.0319. The minimum atomic E-state index is 0.0319. The molecule has 2 N–H and O–H groups in total. The fraction of sp³-hybridized carbons (Fsp3) is 1.00. The van der Waals surface area contributed by atoms with E-state index in [2.05, 4.69) is 43.5 Å². The molecule has 0 bridgehead atoms.